The van der Waals surface area contributed by atoms with E-state index in [1.165, 1.54) is 16.4 Å². The number of esters is 1. The lowest BCUT2D eigenvalue weighted by Gasteiger charge is -2.27. The molecule has 0 bridgehead atoms. The van der Waals surface area contributed by atoms with Gasteiger partial charge in [0.05, 0.1) is 5.69 Å². The molecule has 0 spiro atoms. The van der Waals surface area contributed by atoms with Crippen LogP contribution < -0.4 is 16.6 Å². The zero-order valence-electron chi connectivity index (χ0n) is 16.8. The molecule has 3 N–H and O–H groups in total. The number of rotatable bonds is 6. The third-order valence-electron chi connectivity index (χ3n) is 4.72. The van der Waals surface area contributed by atoms with Crippen LogP contribution in [0.5, 0.6) is 0 Å². The number of ether oxygens (including phenoxy) is 1. The summed E-state index contributed by atoms with van der Waals surface area (Å²) in [5, 5.41) is 2.45. The van der Waals surface area contributed by atoms with E-state index >= 15 is 0 Å². The summed E-state index contributed by atoms with van der Waals surface area (Å²) in [5.41, 5.74) is -1.45. The van der Waals surface area contributed by atoms with Crippen LogP contribution in [0.3, 0.4) is 0 Å². The first-order valence-electron chi connectivity index (χ1n) is 9.58. The van der Waals surface area contributed by atoms with Crippen LogP contribution in [0.1, 0.15) is 35.2 Å². The van der Waals surface area contributed by atoms with Crippen molar-refractivity contribution in [2.24, 2.45) is 0 Å². The van der Waals surface area contributed by atoms with E-state index in [1.54, 1.807) is 13.0 Å². The molecule has 1 aliphatic heterocycles. The van der Waals surface area contributed by atoms with Gasteiger partial charge in [-0.1, -0.05) is 12.5 Å². The Balaban J connectivity index is 1.73. The highest BCUT2D eigenvalue weighted by Crippen LogP contribution is 2.28. The van der Waals surface area contributed by atoms with E-state index in [0.717, 1.165) is 25.5 Å². The quantitative estimate of drug-likeness (QED) is 0.535. The molecule has 2 aromatic rings. The van der Waals surface area contributed by atoms with Crippen LogP contribution in [-0.2, 0) is 19.6 Å². The summed E-state index contributed by atoms with van der Waals surface area (Å²) in [6.45, 7) is 1.81. The number of H-pyrrole nitrogens is 2. The number of hydrogen-bond donors (Lipinski definition) is 3. The Morgan fingerprint density at radius 1 is 1.16 bits per heavy atom. The first kappa shape index (κ1) is 22.4. The summed E-state index contributed by atoms with van der Waals surface area (Å²) >= 11 is 0. The van der Waals surface area contributed by atoms with Crippen molar-refractivity contribution >= 4 is 27.6 Å². The molecule has 0 radical (unpaired) electrons. The van der Waals surface area contributed by atoms with Crippen molar-refractivity contribution in [3.63, 3.8) is 0 Å². The maximum atomic E-state index is 13.1. The van der Waals surface area contributed by atoms with Crippen LogP contribution in [0.2, 0.25) is 0 Å². The summed E-state index contributed by atoms with van der Waals surface area (Å²) in [7, 11) is -3.81. The number of anilines is 1. The van der Waals surface area contributed by atoms with Gasteiger partial charge in [-0.2, -0.15) is 4.31 Å². The van der Waals surface area contributed by atoms with Crippen LogP contribution in [0.4, 0.5) is 5.69 Å². The van der Waals surface area contributed by atoms with E-state index in [0.29, 0.717) is 18.7 Å². The summed E-state index contributed by atoms with van der Waals surface area (Å²) in [6.07, 6.45) is 3.39. The number of aryl methyl sites for hydroxylation is 1. The molecular weight excluding hydrogens is 428 g/mol. The molecule has 1 fully saturated rings. The van der Waals surface area contributed by atoms with E-state index in [2.05, 4.69) is 10.3 Å². The molecule has 3 rings (SSSR count). The number of aromatic amines is 2. The number of sulfonamides is 1. The lowest BCUT2D eigenvalue weighted by molar-refractivity contribution is -0.119. The van der Waals surface area contributed by atoms with Gasteiger partial charge in [-0.3, -0.25) is 14.6 Å². The van der Waals surface area contributed by atoms with Gasteiger partial charge in [0.2, 0.25) is 10.0 Å². The summed E-state index contributed by atoms with van der Waals surface area (Å²) in [6, 6.07) is 4.60. The number of aromatic nitrogens is 2. The first-order chi connectivity index (χ1) is 14.7. The van der Waals surface area contributed by atoms with E-state index in [1.807, 2.05) is 4.98 Å². The fourth-order valence-corrected chi connectivity index (χ4v) is 4.90. The summed E-state index contributed by atoms with van der Waals surface area (Å²) < 4.78 is 32.3. The van der Waals surface area contributed by atoms with Crippen molar-refractivity contribution in [3.8, 4) is 0 Å². The van der Waals surface area contributed by atoms with Gasteiger partial charge in [0.25, 0.3) is 11.5 Å². The standard InChI is InChI=1S/C19H22N4O7S/c1-12-5-6-14(15(9-12)31(28,29)23-7-3-2-4-8-23)21-16(24)11-30-18(26)13-10-20-19(27)22-17(13)25/h5-6,9-10H,2-4,7-8,11H2,1H3,(H,21,24)(H2,20,22,25,27). The van der Waals surface area contributed by atoms with Crippen LogP contribution in [0.15, 0.2) is 38.9 Å². The van der Waals surface area contributed by atoms with Crippen molar-refractivity contribution in [3.05, 3.63) is 56.4 Å². The van der Waals surface area contributed by atoms with Gasteiger partial charge in [-0.15, -0.1) is 0 Å². The maximum absolute atomic E-state index is 13.1. The van der Waals surface area contributed by atoms with E-state index in [4.69, 9.17) is 4.74 Å². The molecule has 1 aromatic carbocycles. The van der Waals surface area contributed by atoms with Crippen LogP contribution in [0.25, 0.3) is 0 Å². The number of nitrogens with one attached hydrogen (secondary N) is 3. The predicted molar refractivity (Wildman–Crippen MR) is 110 cm³/mol. The third-order valence-corrected chi connectivity index (χ3v) is 6.66. The van der Waals surface area contributed by atoms with E-state index in [-0.39, 0.29) is 10.6 Å². The Morgan fingerprint density at radius 2 is 1.87 bits per heavy atom. The fourth-order valence-electron chi connectivity index (χ4n) is 3.15. The number of hydrogen-bond acceptors (Lipinski definition) is 7. The molecule has 12 heteroatoms. The van der Waals surface area contributed by atoms with Gasteiger partial charge in [0.15, 0.2) is 6.61 Å². The smallest absolute Gasteiger partial charge is 0.345 e. The Labute approximate surface area is 177 Å². The highest BCUT2D eigenvalue weighted by Gasteiger charge is 2.29. The number of carbonyl (C=O) groups is 2. The molecule has 0 aliphatic carbocycles. The van der Waals surface area contributed by atoms with E-state index in [9.17, 15) is 27.6 Å². The monoisotopic (exact) mass is 450 g/mol. The van der Waals surface area contributed by atoms with Crippen molar-refractivity contribution in [1.29, 1.82) is 0 Å². The molecule has 11 nitrogen and oxygen atoms in total. The minimum Gasteiger partial charge on any atom is -0.452 e. The van der Waals surface area contributed by atoms with Gasteiger partial charge in [0.1, 0.15) is 10.5 Å². The molecule has 1 aliphatic rings. The second kappa shape index (κ2) is 9.27. The molecule has 1 aromatic heterocycles. The molecule has 0 unspecified atom stereocenters. The van der Waals surface area contributed by atoms with Gasteiger partial charge in [-0.05, 0) is 37.5 Å². The predicted octanol–water partition coefficient (Wildman–Crippen LogP) is 0.342. The minimum absolute atomic E-state index is 0.0360. The second-order valence-electron chi connectivity index (χ2n) is 7.07. The first-order valence-corrected chi connectivity index (χ1v) is 11.0. The largest absolute Gasteiger partial charge is 0.452 e. The fraction of sp³-hybridized carbons (Fsp3) is 0.368. The second-order valence-corrected chi connectivity index (χ2v) is 8.98. The lowest BCUT2D eigenvalue weighted by Crippen LogP contribution is -2.36. The zero-order valence-corrected chi connectivity index (χ0v) is 17.6. The average Bonchev–Trinajstić information content (AvgIpc) is 2.74. The summed E-state index contributed by atoms with van der Waals surface area (Å²) in [5.74, 6) is -1.90. The highest BCUT2D eigenvalue weighted by atomic mass is 32.2. The molecule has 2 heterocycles. The molecule has 0 atom stereocenters. The van der Waals surface area contributed by atoms with Crippen LogP contribution >= 0.6 is 0 Å². The number of nitrogens with zero attached hydrogens (tertiary/aromatic N) is 1. The molecule has 1 amide bonds. The summed E-state index contributed by atoms with van der Waals surface area (Å²) in [4.78, 5) is 50.8. The zero-order chi connectivity index (χ0) is 22.6. The normalized spacial score (nSPS) is 14.7. The van der Waals surface area contributed by atoms with Crippen molar-refractivity contribution < 1.29 is 22.7 Å². The third kappa shape index (κ3) is 5.27. The van der Waals surface area contributed by atoms with Crippen molar-refractivity contribution in [2.45, 2.75) is 31.1 Å². The molecular formula is C19H22N4O7S. The number of carbonyl (C=O) groups excluding carboxylic acids is 2. The molecule has 1 saturated heterocycles. The highest BCUT2D eigenvalue weighted by molar-refractivity contribution is 7.89. The van der Waals surface area contributed by atoms with Gasteiger partial charge >= 0.3 is 11.7 Å². The van der Waals surface area contributed by atoms with Gasteiger partial charge in [-0.25, -0.2) is 18.0 Å². The number of benzene rings is 1. The average molecular weight is 450 g/mol. The SMILES string of the molecule is Cc1ccc(NC(=O)COC(=O)c2c[nH]c(=O)[nH]c2=O)c(S(=O)(=O)N2CCCCC2)c1. The topological polar surface area (TPSA) is 158 Å². The van der Waals surface area contributed by atoms with E-state index < -0.39 is 45.3 Å². The number of amides is 1. The Kier molecular flexibility index (Phi) is 6.71. The maximum Gasteiger partial charge on any atom is 0.345 e. The van der Waals surface area contributed by atoms with Gasteiger partial charge < -0.3 is 15.0 Å². The molecule has 166 valence electrons. The van der Waals surface area contributed by atoms with Crippen LogP contribution in [0, 0.1) is 6.92 Å². The van der Waals surface area contributed by atoms with Gasteiger partial charge in [0, 0.05) is 19.3 Å². The minimum atomic E-state index is -3.81. The Morgan fingerprint density at radius 3 is 2.55 bits per heavy atom. The van der Waals surface area contributed by atoms with Crippen molar-refractivity contribution in [1.82, 2.24) is 14.3 Å². The van der Waals surface area contributed by atoms with Crippen LogP contribution in [-0.4, -0.2) is 54.3 Å². The lowest BCUT2D eigenvalue weighted by atomic mass is 10.2. The van der Waals surface area contributed by atoms with Crippen molar-refractivity contribution in [2.75, 3.05) is 25.0 Å². The Hall–Kier alpha value is -3.25. The number of piperidine rings is 1. The Bertz CT molecular complexity index is 1210. The molecule has 0 saturated carbocycles. The molecule has 31 heavy (non-hydrogen) atoms.